The maximum atomic E-state index is 5.81. The van der Waals surface area contributed by atoms with Crippen molar-refractivity contribution < 1.29 is 0 Å². The lowest BCUT2D eigenvalue weighted by atomic mass is 10.1. The van der Waals surface area contributed by atoms with Crippen LogP contribution in [-0.4, -0.2) is 15.2 Å². The number of anilines is 1. The average Bonchev–Trinajstić information content (AvgIpc) is 2.24. The van der Waals surface area contributed by atoms with Crippen molar-refractivity contribution in [3.63, 3.8) is 0 Å². The number of hydrogen-bond donors (Lipinski definition) is 1. The van der Waals surface area contributed by atoms with Crippen LogP contribution in [0.1, 0.15) is 45.6 Å². The molecule has 1 aromatic rings. The lowest BCUT2D eigenvalue weighted by Crippen LogP contribution is -2.06. The number of nitrogens with two attached hydrogens (primary N) is 1. The molecule has 0 saturated heterocycles. The second-order valence-corrected chi connectivity index (χ2v) is 6.25. The Morgan fingerprint density at radius 1 is 1.29 bits per heavy atom. The zero-order valence-electron chi connectivity index (χ0n) is 11.2. The SMILES string of the molecule is CCC(C)SCc1nc(N)cc(CC(C)C)n1. The van der Waals surface area contributed by atoms with Gasteiger partial charge in [-0.15, -0.1) is 0 Å². The zero-order chi connectivity index (χ0) is 12.8. The molecule has 1 atom stereocenters. The summed E-state index contributed by atoms with van der Waals surface area (Å²) in [5.74, 6) is 2.91. The summed E-state index contributed by atoms with van der Waals surface area (Å²) in [6.45, 7) is 8.80. The van der Waals surface area contributed by atoms with Crippen molar-refractivity contribution in [3.8, 4) is 0 Å². The van der Waals surface area contributed by atoms with Crippen molar-refractivity contribution in [2.45, 2.75) is 51.5 Å². The summed E-state index contributed by atoms with van der Waals surface area (Å²) in [5.41, 5.74) is 6.88. The van der Waals surface area contributed by atoms with E-state index in [1.54, 1.807) is 0 Å². The van der Waals surface area contributed by atoms with Crippen molar-refractivity contribution in [1.29, 1.82) is 0 Å². The van der Waals surface area contributed by atoms with Crippen molar-refractivity contribution in [2.75, 3.05) is 5.73 Å². The molecule has 0 bridgehead atoms. The molecular weight excluding hydrogens is 230 g/mol. The van der Waals surface area contributed by atoms with Gasteiger partial charge in [-0.1, -0.05) is 27.7 Å². The standard InChI is InChI=1S/C13H23N3S/c1-5-10(4)17-8-13-15-11(6-9(2)3)7-12(14)16-13/h7,9-10H,5-6,8H2,1-4H3,(H2,14,15,16). The molecule has 0 fully saturated rings. The summed E-state index contributed by atoms with van der Waals surface area (Å²) in [7, 11) is 0. The normalized spacial score (nSPS) is 13.0. The number of rotatable bonds is 6. The van der Waals surface area contributed by atoms with Crippen LogP contribution in [0.15, 0.2) is 6.07 Å². The molecule has 0 saturated carbocycles. The van der Waals surface area contributed by atoms with E-state index in [2.05, 4.69) is 37.7 Å². The van der Waals surface area contributed by atoms with E-state index in [0.29, 0.717) is 17.0 Å². The van der Waals surface area contributed by atoms with Crippen LogP contribution in [0.5, 0.6) is 0 Å². The van der Waals surface area contributed by atoms with Gasteiger partial charge in [-0.3, -0.25) is 0 Å². The van der Waals surface area contributed by atoms with Gasteiger partial charge in [0, 0.05) is 17.0 Å². The van der Waals surface area contributed by atoms with Gasteiger partial charge in [-0.25, -0.2) is 9.97 Å². The Kier molecular flexibility index (Phi) is 5.75. The van der Waals surface area contributed by atoms with E-state index >= 15 is 0 Å². The Morgan fingerprint density at radius 2 is 2.00 bits per heavy atom. The maximum absolute atomic E-state index is 5.81. The summed E-state index contributed by atoms with van der Waals surface area (Å²) in [4.78, 5) is 8.86. The summed E-state index contributed by atoms with van der Waals surface area (Å²) in [6.07, 6.45) is 2.14. The highest BCUT2D eigenvalue weighted by molar-refractivity contribution is 7.99. The van der Waals surface area contributed by atoms with Gasteiger partial charge in [0.1, 0.15) is 11.6 Å². The molecule has 0 aromatic carbocycles. The third kappa shape index (κ3) is 5.39. The predicted molar refractivity (Wildman–Crippen MR) is 76.0 cm³/mol. The van der Waals surface area contributed by atoms with Crippen LogP contribution in [0, 0.1) is 5.92 Å². The van der Waals surface area contributed by atoms with Crippen LogP contribution in [0.3, 0.4) is 0 Å². The van der Waals surface area contributed by atoms with E-state index in [1.165, 1.54) is 6.42 Å². The first-order valence-electron chi connectivity index (χ1n) is 6.25. The van der Waals surface area contributed by atoms with Crippen LogP contribution in [0.4, 0.5) is 5.82 Å². The van der Waals surface area contributed by atoms with Gasteiger partial charge in [0.15, 0.2) is 0 Å². The largest absolute Gasteiger partial charge is 0.384 e. The minimum absolute atomic E-state index is 0.593. The highest BCUT2D eigenvalue weighted by atomic mass is 32.2. The number of nitrogens with zero attached hydrogens (tertiary/aromatic N) is 2. The van der Waals surface area contributed by atoms with Gasteiger partial charge in [-0.2, -0.15) is 11.8 Å². The van der Waals surface area contributed by atoms with E-state index < -0.39 is 0 Å². The fourth-order valence-corrected chi connectivity index (χ4v) is 2.30. The average molecular weight is 253 g/mol. The van der Waals surface area contributed by atoms with Gasteiger partial charge in [0.25, 0.3) is 0 Å². The smallest absolute Gasteiger partial charge is 0.140 e. The molecule has 3 nitrogen and oxygen atoms in total. The molecule has 0 spiro atoms. The number of nitrogen functional groups attached to an aromatic ring is 1. The van der Waals surface area contributed by atoms with Gasteiger partial charge >= 0.3 is 0 Å². The molecule has 0 aliphatic carbocycles. The van der Waals surface area contributed by atoms with Crippen molar-refractivity contribution in [1.82, 2.24) is 9.97 Å². The molecule has 0 aliphatic rings. The monoisotopic (exact) mass is 253 g/mol. The molecule has 1 aromatic heterocycles. The number of aromatic nitrogens is 2. The quantitative estimate of drug-likeness (QED) is 0.845. The van der Waals surface area contributed by atoms with E-state index in [-0.39, 0.29) is 0 Å². The van der Waals surface area contributed by atoms with Crippen LogP contribution in [0.25, 0.3) is 0 Å². The van der Waals surface area contributed by atoms with Crippen molar-refractivity contribution >= 4 is 17.6 Å². The van der Waals surface area contributed by atoms with Crippen LogP contribution < -0.4 is 5.73 Å². The molecule has 4 heteroatoms. The predicted octanol–water partition coefficient (Wildman–Crippen LogP) is 3.29. The Bertz CT molecular complexity index is 353. The van der Waals surface area contributed by atoms with Crippen LogP contribution in [0.2, 0.25) is 0 Å². The van der Waals surface area contributed by atoms with Gasteiger partial charge < -0.3 is 5.73 Å². The first kappa shape index (κ1) is 14.3. The molecule has 2 N–H and O–H groups in total. The summed E-state index contributed by atoms with van der Waals surface area (Å²) < 4.78 is 0. The van der Waals surface area contributed by atoms with E-state index in [0.717, 1.165) is 23.7 Å². The molecule has 17 heavy (non-hydrogen) atoms. The summed E-state index contributed by atoms with van der Waals surface area (Å²) in [6, 6.07) is 1.89. The van der Waals surface area contributed by atoms with Gasteiger partial charge in [0.2, 0.25) is 0 Å². The molecule has 1 rings (SSSR count). The number of hydrogen-bond acceptors (Lipinski definition) is 4. The second kappa shape index (κ2) is 6.84. The first-order valence-corrected chi connectivity index (χ1v) is 7.30. The van der Waals surface area contributed by atoms with E-state index in [4.69, 9.17) is 5.73 Å². The molecule has 0 radical (unpaired) electrons. The van der Waals surface area contributed by atoms with Crippen molar-refractivity contribution in [2.24, 2.45) is 5.92 Å². The van der Waals surface area contributed by atoms with E-state index in [1.807, 2.05) is 17.8 Å². The molecular formula is C13H23N3S. The molecule has 1 heterocycles. The number of thioether (sulfide) groups is 1. The Hall–Kier alpha value is -0.770. The van der Waals surface area contributed by atoms with Crippen molar-refractivity contribution in [3.05, 3.63) is 17.6 Å². The lowest BCUT2D eigenvalue weighted by Gasteiger charge is -2.10. The minimum atomic E-state index is 0.593. The Balaban J connectivity index is 2.68. The third-order valence-corrected chi connectivity index (χ3v) is 3.86. The van der Waals surface area contributed by atoms with Gasteiger partial charge in [0.05, 0.1) is 5.75 Å². The molecule has 1 unspecified atom stereocenters. The highest BCUT2D eigenvalue weighted by Crippen LogP contribution is 2.19. The zero-order valence-corrected chi connectivity index (χ0v) is 12.0. The maximum Gasteiger partial charge on any atom is 0.140 e. The van der Waals surface area contributed by atoms with E-state index in [9.17, 15) is 0 Å². The van der Waals surface area contributed by atoms with Gasteiger partial charge in [-0.05, 0) is 18.8 Å². The second-order valence-electron chi connectivity index (χ2n) is 4.83. The first-order chi connectivity index (χ1) is 8.01. The lowest BCUT2D eigenvalue weighted by molar-refractivity contribution is 0.632. The Labute approximate surface area is 109 Å². The summed E-state index contributed by atoms with van der Waals surface area (Å²) in [5, 5.41) is 0.647. The third-order valence-electron chi connectivity index (χ3n) is 2.53. The van der Waals surface area contributed by atoms with Crippen LogP contribution >= 0.6 is 11.8 Å². The summed E-state index contributed by atoms with van der Waals surface area (Å²) >= 11 is 1.89. The fourth-order valence-electron chi connectivity index (χ4n) is 1.50. The molecule has 0 aliphatic heterocycles. The highest BCUT2D eigenvalue weighted by Gasteiger charge is 2.07. The van der Waals surface area contributed by atoms with Crippen LogP contribution in [-0.2, 0) is 12.2 Å². The fraction of sp³-hybridized carbons (Fsp3) is 0.692. The molecule has 96 valence electrons. The topological polar surface area (TPSA) is 51.8 Å². The minimum Gasteiger partial charge on any atom is -0.384 e. The molecule has 0 amide bonds. The Morgan fingerprint density at radius 3 is 2.59 bits per heavy atom.